The normalized spacial score (nSPS) is 16.3. The molecule has 0 aliphatic heterocycles. The predicted molar refractivity (Wildman–Crippen MR) is 45.4 cm³/mol. The zero-order valence-electron chi connectivity index (χ0n) is 7.08. The van der Waals surface area contributed by atoms with E-state index in [0.29, 0.717) is 5.92 Å². The second-order valence-electron chi connectivity index (χ2n) is 3.17. The van der Waals surface area contributed by atoms with E-state index in [0.717, 1.165) is 6.42 Å². The molecule has 0 aromatic carbocycles. The predicted octanol–water partition coefficient (Wildman–Crippen LogP) is 2.12. The largest absolute Gasteiger partial charge is 0.472 e. The van der Waals surface area contributed by atoms with Gasteiger partial charge in [0.1, 0.15) is 0 Å². The minimum absolute atomic E-state index is 0.264. The molecular weight excluding hydrogens is 138 g/mol. The lowest BCUT2D eigenvalue weighted by Crippen LogP contribution is -2.17. The van der Waals surface area contributed by atoms with Crippen LogP contribution in [0.25, 0.3) is 0 Å². The number of nitrogens with two attached hydrogens (primary N) is 1. The molecular formula is C9H15NO. The molecule has 2 unspecified atom stereocenters. The highest BCUT2D eigenvalue weighted by Crippen LogP contribution is 2.19. The van der Waals surface area contributed by atoms with E-state index >= 15 is 0 Å². The summed E-state index contributed by atoms with van der Waals surface area (Å²) in [5.74, 6) is 0.508. The summed E-state index contributed by atoms with van der Waals surface area (Å²) in [6, 6.07) is 2.26. The third-order valence-corrected chi connectivity index (χ3v) is 1.84. The fraction of sp³-hybridized carbons (Fsp3) is 0.556. The summed E-state index contributed by atoms with van der Waals surface area (Å²) < 4.78 is 4.98. The summed E-state index contributed by atoms with van der Waals surface area (Å²) in [4.78, 5) is 0. The van der Waals surface area contributed by atoms with Crippen molar-refractivity contribution in [1.29, 1.82) is 0 Å². The zero-order chi connectivity index (χ0) is 8.27. The van der Waals surface area contributed by atoms with Gasteiger partial charge in [-0.25, -0.2) is 0 Å². The molecule has 0 spiro atoms. The molecule has 0 saturated heterocycles. The molecule has 0 radical (unpaired) electrons. The van der Waals surface area contributed by atoms with Crippen LogP contribution in [0.4, 0.5) is 0 Å². The van der Waals surface area contributed by atoms with Crippen LogP contribution in [0.15, 0.2) is 23.0 Å². The molecule has 2 heteroatoms. The summed E-state index contributed by atoms with van der Waals surface area (Å²) in [6.45, 7) is 4.19. The number of rotatable bonds is 3. The van der Waals surface area contributed by atoms with Crippen LogP contribution >= 0.6 is 0 Å². The van der Waals surface area contributed by atoms with E-state index < -0.39 is 0 Å². The Bertz CT molecular complexity index is 191. The third kappa shape index (κ3) is 2.39. The second-order valence-corrected chi connectivity index (χ2v) is 3.17. The molecule has 2 nitrogen and oxygen atoms in total. The average molecular weight is 153 g/mol. The smallest absolute Gasteiger partial charge is 0.0937 e. The molecule has 1 aromatic heterocycles. The first-order valence-corrected chi connectivity index (χ1v) is 3.98. The van der Waals surface area contributed by atoms with Crippen molar-refractivity contribution in [2.24, 2.45) is 5.73 Å². The Balaban J connectivity index is 2.49. The van der Waals surface area contributed by atoms with Crippen LogP contribution in [0.5, 0.6) is 0 Å². The van der Waals surface area contributed by atoms with Crippen molar-refractivity contribution >= 4 is 0 Å². The monoisotopic (exact) mass is 153 g/mol. The summed E-state index contributed by atoms with van der Waals surface area (Å²) in [5.41, 5.74) is 6.91. The van der Waals surface area contributed by atoms with Crippen molar-refractivity contribution in [3.05, 3.63) is 24.2 Å². The first kappa shape index (κ1) is 8.34. The highest BCUT2D eigenvalue weighted by molar-refractivity contribution is 5.11. The third-order valence-electron chi connectivity index (χ3n) is 1.84. The maximum Gasteiger partial charge on any atom is 0.0937 e. The molecule has 1 rings (SSSR count). The molecule has 1 heterocycles. The van der Waals surface area contributed by atoms with Crippen molar-refractivity contribution < 1.29 is 4.42 Å². The highest BCUT2D eigenvalue weighted by Gasteiger charge is 2.08. The lowest BCUT2D eigenvalue weighted by atomic mass is 9.97. The average Bonchev–Trinajstić information content (AvgIpc) is 2.35. The van der Waals surface area contributed by atoms with Gasteiger partial charge in [-0.2, -0.15) is 0 Å². The number of hydrogen-bond acceptors (Lipinski definition) is 2. The standard InChI is InChI=1S/C9H15NO/c1-7(5-8(2)10)9-3-4-11-6-9/h3-4,6-8H,5,10H2,1-2H3. The van der Waals surface area contributed by atoms with Crippen molar-refractivity contribution in [3.8, 4) is 0 Å². The molecule has 11 heavy (non-hydrogen) atoms. The van der Waals surface area contributed by atoms with Crippen LogP contribution in [-0.4, -0.2) is 6.04 Å². The van der Waals surface area contributed by atoms with Crippen molar-refractivity contribution in [3.63, 3.8) is 0 Å². The van der Waals surface area contributed by atoms with Gasteiger partial charge in [-0.3, -0.25) is 0 Å². The van der Waals surface area contributed by atoms with Gasteiger partial charge in [0.2, 0.25) is 0 Å². The SMILES string of the molecule is CC(N)CC(C)c1ccoc1. The van der Waals surface area contributed by atoms with E-state index in [-0.39, 0.29) is 6.04 Å². The van der Waals surface area contributed by atoms with E-state index in [4.69, 9.17) is 10.2 Å². The highest BCUT2D eigenvalue weighted by atomic mass is 16.3. The Morgan fingerprint density at radius 1 is 1.55 bits per heavy atom. The fourth-order valence-corrected chi connectivity index (χ4v) is 1.25. The van der Waals surface area contributed by atoms with Crippen LogP contribution in [0.1, 0.15) is 31.7 Å². The van der Waals surface area contributed by atoms with E-state index in [1.807, 2.05) is 13.0 Å². The molecule has 0 aliphatic carbocycles. The van der Waals surface area contributed by atoms with Gasteiger partial charge in [-0.05, 0) is 30.9 Å². The molecule has 1 aromatic rings. The van der Waals surface area contributed by atoms with Gasteiger partial charge in [0.15, 0.2) is 0 Å². The Labute approximate surface area is 67.4 Å². The minimum atomic E-state index is 0.264. The van der Waals surface area contributed by atoms with Gasteiger partial charge in [-0.1, -0.05) is 6.92 Å². The van der Waals surface area contributed by atoms with Gasteiger partial charge >= 0.3 is 0 Å². The molecule has 0 aliphatic rings. The van der Waals surface area contributed by atoms with Gasteiger partial charge in [0.05, 0.1) is 12.5 Å². The molecule has 0 amide bonds. The van der Waals surface area contributed by atoms with Gasteiger partial charge in [0, 0.05) is 6.04 Å². The van der Waals surface area contributed by atoms with Gasteiger partial charge in [-0.15, -0.1) is 0 Å². The maximum atomic E-state index is 5.67. The molecule has 0 fully saturated rings. The summed E-state index contributed by atoms with van der Waals surface area (Å²) in [6.07, 6.45) is 4.50. The Kier molecular flexibility index (Phi) is 2.71. The molecule has 2 N–H and O–H groups in total. The number of hydrogen-bond donors (Lipinski definition) is 1. The first-order valence-electron chi connectivity index (χ1n) is 3.98. The number of furan rings is 1. The Morgan fingerprint density at radius 3 is 2.73 bits per heavy atom. The van der Waals surface area contributed by atoms with Crippen LogP contribution in [0.3, 0.4) is 0 Å². The van der Waals surface area contributed by atoms with E-state index in [9.17, 15) is 0 Å². The van der Waals surface area contributed by atoms with Crippen LogP contribution in [-0.2, 0) is 0 Å². The molecule has 62 valence electrons. The minimum Gasteiger partial charge on any atom is -0.472 e. The molecule has 0 bridgehead atoms. The van der Waals surface area contributed by atoms with Crippen molar-refractivity contribution in [2.75, 3.05) is 0 Å². The van der Waals surface area contributed by atoms with Crippen LogP contribution in [0.2, 0.25) is 0 Å². The second kappa shape index (κ2) is 3.58. The molecule has 2 atom stereocenters. The molecule has 0 saturated carbocycles. The van der Waals surface area contributed by atoms with Crippen molar-refractivity contribution in [1.82, 2.24) is 0 Å². The topological polar surface area (TPSA) is 39.2 Å². The Morgan fingerprint density at radius 2 is 2.27 bits per heavy atom. The van der Waals surface area contributed by atoms with E-state index in [1.54, 1.807) is 12.5 Å². The van der Waals surface area contributed by atoms with Crippen LogP contribution < -0.4 is 5.73 Å². The fourth-order valence-electron chi connectivity index (χ4n) is 1.25. The Hall–Kier alpha value is -0.760. The van der Waals surface area contributed by atoms with Crippen molar-refractivity contribution in [2.45, 2.75) is 32.2 Å². The lowest BCUT2D eigenvalue weighted by Gasteiger charge is -2.10. The maximum absolute atomic E-state index is 5.67. The van der Waals surface area contributed by atoms with E-state index in [1.165, 1.54) is 5.56 Å². The van der Waals surface area contributed by atoms with E-state index in [2.05, 4.69) is 6.92 Å². The first-order chi connectivity index (χ1) is 5.20. The summed E-state index contributed by atoms with van der Waals surface area (Å²) in [7, 11) is 0. The van der Waals surface area contributed by atoms with Gasteiger partial charge < -0.3 is 10.2 Å². The quantitative estimate of drug-likeness (QED) is 0.722. The lowest BCUT2D eigenvalue weighted by molar-refractivity contribution is 0.546. The van der Waals surface area contributed by atoms with Gasteiger partial charge in [0.25, 0.3) is 0 Å². The summed E-state index contributed by atoms with van der Waals surface area (Å²) >= 11 is 0. The zero-order valence-corrected chi connectivity index (χ0v) is 7.08. The summed E-state index contributed by atoms with van der Waals surface area (Å²) in [5, 5.41) is 0. The van der Waals surface area contributed by atoms with Crippen LogP contribution in [0, 0.1) is 0 Å².